The van der Waals surface area contributed by atoms with Crippen LogP contribution in [0.3, 0.4) is 0 Å². The molecule has 0 saturated carbocycles. The van der Waals surface area contributed by atoms with Gasteiger partial charge in [-0.05, 0) is 73.2 Å². The summed E-state index contributed by atoms with van der Waals surface area (Å²) in [4.78, 5) is 70.6. The maximum atomic E-state index is 14.1. The van der Waals surface area contributed by atoms with Crippen LogP contribution in [0.25, 0.3) is 33.2 Å². The average Bonchev–Trinajstić information content (AvgIpc) is 4.08. The average molecular weight is 784 g/mol. The van der Waals surface area contributed by atoms with Crippen molar-refractivity contribution in [3.05, 3.63) is 107 Å². The second-order valence-electron chi connectivity index (χ2n) is 14.0. The van der Waals surface area contributed by atoms with Gasteiger partial charge in [0.1, 0.15) is 17.7 Å². The van der Waals surface area contributed by atoms with Gasteiger partial charge < -0.3 is 45.3 Å². The number of aromatic amines is 3. The van der Waals surface area contributed by atoms with Gasteiger partial charge in [0, 0.05) is 54.2 Å². The Bertz CT molecular complexity index is 2470. The number of hydrogen-bond acceptors (Lipinski definition) is 8. The fourth-order valence-corrected chi connectivity index (χ4v) is 7.16. The Kier molecular flexibility index (Phi) is 12.3. The second-order valence-corrected chi connectivity index (χ2v) is 14.0. The molecule has 4 amide bonds. The quantitative estimate of drug-likeness (QED) is 0.0673. The lowest BCUT2D eigenvalue weighted by atomic mass is 10.0. The molecule has 0 radical (unpaired) electrons. The van der Waals surface area contributed by atoms with Gasteiger partial charge >= 0.3 is 12.2 Å². The molecule has 0 spiro atoms. The first kappa shape index (κ1) is 39.2. The zero-order valence-electron chi connectivity index (χ0n) is 32.3. The molecule has 15 heteroatoms. The summed E-state index contributed by atoms with van der Waals surface area (Å²) in [5, 5.41) is 8.89. The van der Waals surface area contributed by atoms with Gasteiger partial charge in [0.15, 0.2) is 0 Å². The van der Waals surface area contributed by atoms with E-state index < -0.39 is 18.2 Å². The number of nitrogens with zero attached hydrogens (tertiary/aromatic N) is 3. The largest absolute Gasteiger partial charge is 0.453 e. The SMILES string of the molecule is COC(=O)NCC(=O)NCCCCc1nc2ccc(C#Cc3ccc(-c4cnc(C5CCCN5C(=O)C(Cc5c[nH]c6ccccc56)NC(=O)OC)[nH]4)cc3)cc2[nH]1. The molecule has 2 atom stereocenters. The minimum Gasteiger partial charge on any atom is -0.453 e. The number of unbranched alkanes of at least 4 members (excludes halogenated alkanes) is 1. The molecule has 0 aliphatic carbocycles. The molecule has 1 aliphatic heterocycles. The highest BCUT2D eigenvalue weighted by atomic mass is 16.5. The number of imidazole rings is 2. The third-order valence-corrected chi connectivity index (χ3v) is 10.1. The van der Waals surface area contributed by atoms with Crippen LogP contribution < -0.4 is 16.0 Å². The number of amides is 4. The normalized spacial score (nSPS) is 14.1. The first-order valence-electron chi connectivity index (χ1n) is 19.2. The van der Waals surface area contributed by atoms with Crippen LogP contribution in [0.1, 0.15) is 60.1 Å². The van der Waals surface area contributed by atoms with E-state index in [0.717, 1.165) is 87.8 Å². The standard InChI is InChI=1S/C43H45N9O6/c1-57-42(55)47-26-39(53)44-20-6-5-11-38-48-33-19-16-28(22-34(33)49-38)13-12-27-14-17-29(18-15-27)36-25-46-40(50-36)37-10-7-21-52(37)41(54)35(51-43(56)58-2)23-30-24-45-32-9-4-3-8-31(30)32/h3-4,8-9,14-19,22,24-25,35,37,45H,5-7,10-11,20-21,23,26H2,1-2H3,(H,44,53)(H,46,50)(H,47,55)(H,48,49)(H,51,56). The highest BCUT2D eigenvalue weighted by Crippen LogP contribution is 2.33. The Labute approximate surface area is 334 Å². The van der Waals surface area contributed by atoms with E-state index in [9.17, 15) is 19.2 Å². The summed E-state index contributed by atoms with van der Waals surface area (Å²) in [6.07, 6.45) is 6.57. The Morgan fingerprint density at radius 2 is 1.71 bits per heavy atom. The zero-order valence-corrected chi connectivity index (χ0v) is 32.3. The molecule has 298 valence electrons. The van der Waals surface area contributed by atoms with Gasteiger partial charge in [0.2, 0.25) is 11.8 Å². The first-order valence-corrected chi connectivity index (χ1v) is 19.2. The Morgan fingerprint density at radius 3 is 2.53 bits per heavy atom. The molecule has 4 heterocycles. The fourth-order valence-electron chi connectivity index (χ4n) is 7.16. The van der Waals surface area contributed by atoms with Crippen LogP contribution in [0.4, 0.5) is 9.59 Å². The van der Waals surface area contributed by atoms with E-state index in [4.69, 9.17) is 9.72 Å². The van der Waals surface area contributed by atoms with Gasteiger partial charge in [0.25, 0.3) is 0 Å². The number of aryl methyl sites for hydroxylation is 1. The van der Waals surface area contributed by atoms with E-state index in [-0.39, 0.29) is 24.4 Å². The number of aromatic nitrogens is 5. The summed E-state index contributed by atoms with van der Waals surface area (Å²) in [6.45, 7) is 0.929. The van der Waals surface area contributed by atoms with Crippen LogP contribution in [-0.4, -0.2) is 93.7 Å². The number of H-pyrrole nitrogens is 3. The molecular weight excluding hydrogens is 739 g/mol. The number of carbonyl (C=O) groups excluding carboxylic acids is 4. The molecule has 6 N–H and O–H groups in total. The molecule has 1 fully saturated rings. The Hall–Kier alpha value is -7.08. The van der Waals surface area contributed by atoms with E-state index >= 15 is 0 Å². The highest BCUT2D eigenvalue weighted by molar-refractivity contribution is 5.89. The lowest BCUT2D eigenvalue weighted by Crippen LogP contribution is -2.49. The number of carbonyl (C=O) groups is 4. The summed E-state index contributed by atoms with van der Waals surface area (Å²) in [7, 11) is 2.54. The topological polar surface area (TPSA) is 199 Å². The van der Waals surface area contributed by atoms with Gasteiger partial charge in [-0.15, -0.1) is 0 Å². The van der Waals surface area contributed by atoms with Gasteiger partial charge in [0.05, 0.1) is 49.7 Å². The predicted octanol–water partition coefficient (Wildman–Crippen LogP) is 5.26. The fraction of sp³-hybridized carbons (Fsp3) is 0.302. The van der Waals surface area contributed by atoms with Crippen LogP contribution in [0, 0.1) is 11.8 Å². The molecule has 15 nitrogen and oxygen atoms in total. The number of para-hydroxylation sites is 1. The van der Waals surface area contributed by atoms with Crippen LogP contribution in [-0.2, 0) is 31.9 Å². The van der Waals surface area contributed by atoms with Crippen LogP contribution >= 0.6 is 0 Å². The maximum absolute atomic E-state index is 14.1. The molecule has 58 heavy (non-hydrogen) atoms. The number of rotatable bonds is 13. The van der Waals surface area contributed by atoms with Crippen molar-refractivity contribution >= 4 is 45.9 Å². The van der Waals surface area contributed by atoms with Gasteiger partial charge in [-0.1, -0.05) is 42.2 Å². The molecule has 3 aromatic heterocycles. The van der Waals surface area contributed by atoms with Gasteiger partial charge in [-0.3, -0.25) is 9.59 Å². The highest BCUT2D eigenvalue weighted by Gasteiger charge is 2.36. The van der Waals surface area contributed by atoms with Crippen molar-refractivity contribution in [1.29, 1.82) is 0 Å². The van der Waals surface area contributed by atoms with Crippen molar-refractivity contribution in [2.75, 3.05) is 33.9 Å². The summed E-state index contributed by atoms with van der Waals surface area (Å²) in [5.74, 6) is 7.61. The number of alkyl carbamates (subject to hydrolysis) is 2. The van der Waals surface area contributed by atoms with Crippen molar-refractivity contribution in [2.24, 2.45) is 0 Å². The Morgan fingerprint density at radius 1 is 0.914 bits per heavy atom. The van der Waals surface area contributed by atoms with Crippen molar-refractivity contribution in [3.63, 3.8) is 0 Å². The van der Waals surface area contributed by atoms with Crippen molar-refractivity contribution in [2.45, 2.75) is 50.6 Å². The molecule has 6 aromatic rings. The smallest absolute Gasteiger partial charge is 0.407 e. The monoisotopic (exact) mass is 783 g/mol. The van der Waals surface area contributed by atoms with Gasteiger partial charge in [-0.2, -0.15) is 0 Å². The maximum Gasteiger partial charge on any atom is 0.407 e. The third kappa shape index (κ3) is 9.47. The van der Waals surface area contributed by atoms with E-state index in [2.05, 4.69) is 52.5 Å². The zero-order chi connectivity index (χ0) is 40.4. The summed E-state index contributed by atoms with van der Waals surface area (Å²) in [6, 6.07) is 20.6. The lowest BCUT2D eigenvalue weighted by Gasteiger charge is -2.28. The Balaban J connectivity index is 0.945. The first-order chi connectivity index (χ1) is 28.3. The number of ether oxygens (including phenoxy) is 2. The molecule has 0 bridgehead atoms. The van der Waals surface area contributed by atoms with E-state index in [1.54, 1.807) is 11.1 Å². The van der Waals surface area contributed by atoms with Crippen molar-refractivity contribution in [1.82, 2.24) is 45.8 Å². The van der Waals surface area contributed by atoms with Crippen molar-refractivity contribution < 1.29 is 28.7 Å². The van der Waals surface area contributed by atoms with Crippen LogP contribution in [0.15, 0.2) is 79.1 Å². The van der Waals surface area contributed by atoms with Crippen LogP contribution in [0.2, 0.25) is 0 Å². The summed E-state index contributed by atoms with van der Waals surface area (Å²) >= 11 is 0. The molecule has 7 rings (SSSR count). The minimum atomic E-state index is -0.816. The number of nitrogens with one attached hydrogen (secondary N) is 6. The van der Waals surface area contributed by atoms with E-state index in [1.807, 2.05) is 72.9 Å². The second kappa shape index (κ2) is 18.2. The molecule has 1 saturated heterocycles. The number of likely N-dealkylation sites (tertiary alicyclic amines) is 1. The number of methoxy groups -OCH3 is 2. The van der Waals surface area contributed by atoms with Crippen molar-refractivity contribution in [3.8, 4) is 23.1 Å². The lowest BCUT2D eigenvalue weighted by molar-refractivity contribution is -0.134. The van der Waals surface area contributed by atoms with Gasteiger partial charge in [-0.25, -0.2) is 19.6 Å². The molecule has 3 aromatic carbocycles. The molecular formula is C43H45N9O6. The third-order valence-electron chi connectivity index (χ3n) is 10.1. The van der Waals surface area contributed by atoms with E-state index in [0.29, 0.717) is 25.3 Å². The number of fused-ring (bicyclic) bond motifs is 2. The van der Waals surface area contributed by atoms with Crippen LogP contribution in [0.5, 0.6) is 0 Å². The minimum absolute atomic E-state index is 0.124. The van der Waals surface area contributed by atoms with E-state index in [1.165, 1.54) is 14.2 Å². The summed E-state index contributed by atoms with van der Waals surface area (Å²) < 4.78 is 9.34. The summed E-state index contributed by atoms with van der Waals surface area (Å²) in [5.41, 5.74) is 7.14. The number of hydrogen-bond donors (Lipinski definition) is 6. The molecule has 1 aliphatic rings. The number of benzene rings is 3. The predicted molar refractivity (Wildman–Crippen MR) is 217 cm³/mol. The molecule has 2 unspecified atom stereocenters.